The van der Waals surface area contributed by atoms with Crippen LogP contribution in [0.25, 0.3) is 5.76 Å². The lowest BCUT2D eigenvalue weighted by Gasteiger charge is -2.30. The van der Waals surface area contributed by atoms with Gasteiger partial charge in [0.25, 0.3) is 17.4 Å². The Morgan fingerprint density at radius 3 is 2.37 bits per heavy atom. The second-order valence-corrected chi connectivity index (χ2v) is 7.54. The van der Waals surface area contributed by atoms with Gasteiger partial charge >= 0.3 is 0 Å². The van der Waals surface area contributed by atoms with E-state index in [0.29, 0.717) is 5.56 Å². The van der Waals surface area contributed by atoms with Crippen LogP contribution in [0, 0.1) is 10.1 Å². The van der Waals surface area contributed by atoms with Crippen LogP contribution in [0.3, 0.4) is 0 Å². The van der Waals surface area contributed by atoms with Crippen molar-refractivity contribution in [2.45, 2.75) is 37.8 Å². The van der Waals surface area contributed by atoms with Crippen LogP contribution in [0.2, 0.25) is 0 Å². The van der Waals surface area contributed by atoms with Gasteiger partial charge in [-0.3, -0.25) is 19.7 Å². The fourth-order valence-corrected chi connectivity index (χ4v) is 4.32. The Hall–Kier alpha value is -3.68. The molecule has 2 aromatic rings. The number of phenolic OH excluding ortho intramolecular Hbond substituents is 1. The van der Waals surface area contributed by atoms with E-state index < -0.39 is 28.4 Å². The zero-order valence-corrected chi connectivity index (χ0v) is 16.0. The van der Waals surface area contributed by atoms with E-state index in [9.17, 15) is 29.9 Å². The van der Waals surface area contributed by atoms with E-state index in [2.05, 4.69) is 0 Å². The number of Topliss-reactive ketones (excluding diaryl/α,β-unsaturated/α-hetero) is 1. The van der Waals surface area contributed by atoms with E-state index in [1.807, 2.05) is 0 Å². The van der Waals surface area contributed by atoms with Gasteiger partial charge in [-0.2, -0.15) is 0 Å². The second-order valence-electron chi connectivity index (χ2n) is 7.54. The Morgan fingerprint density at radius 1 is 1.07 bits per heavy atom. The summed E-state index contributed by atoms with van der Waals surface area (Å²) in [6.07, 6.45) is 3.42. The Bertz CT molecular complexity index is 1050. The minimum absolute atomic E-state index is 0.0373. The average molecular weight is 408 g/mol. The molecule has 1 aliphatic heterocycles. The smallest absolute Gasteiger partial charge is 0.295 e. The maximum Gasteiger partial charge on any atom is 0.295 e. The van der Waals surface area contributed by atoms with Crippen LogP contribution in [-0.2, 0) is 9.59 Å². The van der Waals surface area contributed by atoms with Gasteiger partial charge < -0.3 is 15.1 Å². The van der Waals surface area contributed by atoms with Crippen molar-refractivity contribution in [3.63, 3.8) is 0 Å². The molecule has 0 aromatic heterocycles. The van der Waals surface area contributed by atoms with Crippen LogP contribution >= 0.6 is 0 Å². The van der Waals surface area contributed by atoms with Crippen molar-refractivity contribution in [3.8, 4) is 5.75 Å². The van der Waals surface area contributed by atoms with Gasteiger partial charge in [0, 0.05) is 23.7 Å². The first-order valence-corrected chi connectivity index (χ1v) is 9.72. The number of ketones is 1. The number of aliphatic hydroxyl groups is 1. The van der Waals surface area contributed by atoms with E-state index in [4.69, 9.17) is 0 Å². The highest BCUT2D eigenvalue weighted by Gasteiger charge is 2.49. The van der Waals surface area contributed by atoms with E-state index in [1.165, 1.54) is 41.3 Å². The molecule has 1 heterocycles. The first kappa shape index (κ1) is 19.6. The molecule has 1 saturated heterocycles. The normalized spacial score (nSPS) is 21.3. The van der Waals surface area contributed by atoms with Crippen LogP contribution in [0.15, 0.2) is 54.1 Å². The van der Waals surface area contributed by atoms with Gasteiger partial charge in [-0.05, 0) is 30.5 Å². The summed E-state index contributed by atoms with van der Waals surface area (Å²) in [5.41, 5.74) is 0.339. The summed E-state index contributed by atoms with van der Waals surface area (Å²) in [6.45, 7) is 0. The number of hydrogen-bond donors (Lipinski definition) is 2. The lowest BCUT2D eigenvalue weighted by Crippen LogP contribution is -2.37. The lowest BCUT2D eigenvalue weighted by atomic mass is 9.94. The number of carbonyl (C=O) groups excluding carboxylic acids is 2. The van der Waals surface area contributed by atoms with Gasteiger partial charge in [0.2, 0.25) is 0 Å². The number of aliphatic hydroxyl groups excluding tert-OH is 1. The van der Waals surface area contributed by atoms with Crippen LogP contribution in [0.1, 0.15) is 42.9 Å². The largest absolute Gasteiger partial charge is 0.508 e. The standard InChI is InChI=1S/C22H20N2O6/c25-17-10-8-13(9-11-17)19-18(20(26)14-4-3-7-16(12-14)24(29)30)21(27)22(28)23(19)15-5-1-2-6-15/h3-4,7-12,15,19,25-26H,1-2,5-6H2/b20-18-. The molecule has 8 nitrogen and oxygen atoms in total. The van der Waals surface area contributed by atoms with E-state index in [-0.39, 0.29) is 28.6 Å². The van der Waals surface area contributed by atoms with Crippen LogP contribution in [0.4, 0.5) is 5.69 Å². The Kier molecular flexibility index (Phi) is 4.99. The number of nitro groups is 1. The predicted molar refractivity (Wildman–Crippen MR) is 108 cm³/mol. The summed E-state index contributed by atoms with van der Waals surface area (Å²) in [7, 11) is 0. The molecule has 0 radical (unpaired) electrons. The van der Waals surface area contributed by atoms with Gasteiger partial charge in [-0.25, -0.2) is 0 Å². The van der Waals surface area contributed by atoms with Crippen molar-refractivity contribution in [1.82, 2.24) is 4.90 Å². The molecule has 0 bridgehead atoms. The molecular weight excluding hydrogens is 388 g/mol. The van der Waals surface area contributed by atoms with Crippen LogP contribution < -0.4 is 0 Å². The minimum Gasteiger partial charge on any atom is -0.508 e. The SMILES string of the molecule is O=C1C(=O)N(C2CCCC2)C(c2ccc(O)cc2)/C1=C(/O)c1cccc([N+](=O)[O-])c1. The molecule has 2 fully saturated rings. The highest BCUT2D eigenvalue weighted by atomic mass is 16.6. The molecule has 2 N–H and O–H groups in total. The topological polar surface area (TPSA) is 121 Å². The number of carbonyl (C=O) groups is 2. The number of phenols is 1. The third-order valence-electron chi connectivity index (χ3n) is 5.74. The predicted octanol–water partition coefficient (Wildman–Crippen LogP) is 3.66. The molecule has 1 unspecified atom stereocenters. The molecule has 1 saturated carbocycles. The third-order valence-corrected chi connectivity index (χ3v) is 5.74. The Balaban J connectivity index is 1.89. The van der Waals surface area contributed by atoms with Crippen molar-refractivity contribution >= 4 is 23.1 Å². The number of benzene rings is 2. The lowest BCUT2D eigenvalue weighted by molar-refractivity contribution is -0.384. The monoisotopic (exact) mass is 408 g/mol. The molecule has 0 spiro atoms. The quantitative estimate of drug-likeness (QED) is 0.262. The summed E-state index contributed by atoms with van der Waals surface area (Å²) in [5.74, 6) is -1.91. The molecule has 2 aromatic carbocycles. The van der Waals surface area contributed by atoms with Crippen molar-refractivity contribution < 1.29 is 24.7 Å². The number of likely N-dealkylation sites (tertiary alicyclic amines) is 1. The molecule has 30 heavy (non-hydrogen) atoms. The Labute approximate surface area is 172 Å². The van der Waals surface area contributed by atoms with Gasteiger partial charge in [0.1, 0.15) is 11.5 Å². The van der Waals surface area contributed by atoms with Gasteiger partial charge in [0.15, 0.2) is 0 Å². The van der Waals surface area contributed by atoms with Crippen molar-refractivity contribution in [2.24, 2.45) is 0 Å². The number of nitrogens with zero attached hydrogens (tertiary/aromatic N) is 2. The van der Waals surface area contributed by atoms with E-state index in [1.54, 1.807) is 12.1 Å². The number of hydrogen-bond acceptors (Lipinski definition) is 6. The number of nitro benzene ring substituents is 1. The third kappa shape index (κ3) is 3.30. The minimum atomic E-state index is -0.826. The zero-order chi connectivity index (χ0) is 21.4. The molecule has 154 valence electrons. The maximum atomic E-state index is 13.0. The average Bonchev–Trinajstić information content (AvgIpc) is 3.35. The van der Waals surface area contributed by atoms with Crippen molar-refractivity contribution in [2.75, 3.05) is 0 Å². The number of rotatable bonds is 4. The first-order chi connectivity index (χ1) is 14.4. The van der Waals surface area contributed by atoms with Crippen LogP contribution in [-0.4, -0.2) is 37.8 Å². The van der Waals surface area contributed by atoms with E-state index in [0.717, 1.165) is 25.7 Å². The van der Waals surface area contributed by atoms with Gasteiger partial charge in [-0.15, -0.1) is 0 Å². The fraction of sp³-hybridized carbons (Fsp3) is 0.273. The van der Waals surface area contributed by atoms with Crippen molar-refractivity contribution in [3.05, 3.63) is 75.3 Å². The summed E-state index contributed by atoms with van der Waals surface area (Å²) < 4.78 is 0. The summed E-state index contributed by atoms with van der Waals surface area (Å²) in [4.78, 5) is 37.9. The van der Waals surface area contributed by atoms with Gasteiger partial charge in [-0.1, -0.05) is 37.1 Å². The second kappa shape index (κ2) is 7.62. The highest BCUT2D eigenvalue weighted by molar-refractivity contribution is 6.46. The maximum absolute atomic E-state index is 13.0. The first-order valence-electron chi connectivity index (χ1n) is 9.72. The molecule has 1 atom stereocenters. The van der Waals surface area contributed by atoms with E-state index >= 15 is 0 Å². The van der Waals surface area contributed by atoms with Crippen molar-refractivity contribution in [1.29, 1.82) is 0 Å². The summed E-state index contributed by atoms with van der Waals surface area (Å²) >= 11 is 0. The summed E-state index contributed by atoms with van der Waals surface area (Å²) in [6, 6.07) is 10.5. The van der Waals surface area contributed by atoms with Crippen LogP contribution in [0.5, 0.6) is 5.75 Å². The molecule has 4 rings (SSSR count). The molecule has 8 heteroatoms. The molecule has 1 amide bonds. The number of non-ortho nitro benzene ring substituents is 1. The number of aromatic hydroxyl groups is 1. The molecule has 2 aliphatic rings. The molecule has 1 aliphatic carbocycles. The highest BCUT2D eigenvalue weighted by Crippen LogP contribution is 2.43. The zero-order valence-electron chi connectivity index (χ0n) is 16.0. The fourth-order valence-electron chi connectivity index (χ4n) is 4.32. The number of amides is 1. The molecular formula is C22H20N2O6. The van der Waals surface area contributed by atoms with Gasteiger partial charge in [0.05, 0.1) is 16.5 Å². The Morgan fingerprint density at radius 2 is 1.73 bits per heavy atom. The summed E-state index contributed by atoms with van der Waals surface area (Å²) in [5, 5.41) is 31.7.